The molecule has 0 aliphatic rings. The topological polar surface area (TPSA) is 92.4 Å². The molecule has 3 rings (SSSR count). The van der Waals surface area contributed by atoms with Crippen molar-refractivity contribution in [3.8, 4) is 11.3 Å². The Morgan fingerprint density at radius 3 is 2.28 bits per heavy atom. The number of amides is 1. The van der Waals surface area contributed by atoms with Crippen LogP contribution in [0, 0.1) is 0 Å². The molecular weight excluding hydrogens is 320 g/mol. The van der Waals surface area contributed by atoms with Crippen LogP contribution in [0.3, 0.4) is 0 Å². The molecule has 0 spiro atoms. The van der Waals surface area contributed by atoms with Crippen LogP contribution in [0.15, 0.2) is 77.0 Å². The monoisotopic (exact) mass is 334 g/mol. The molecule has 0 saturated heterocycles. The molecule has 1 amide bonds. The molecular formula is C19H14N2O4. The average Bonchev–Trinajstić information content (AvgIpc) is 3.11. The van der Waals surface area contributed by atoms with Gasteiger partial charge in [0.2, 0.25) is 0 Å². The second-order valence-electron chi connectivity index (χ2n) is 5.17. The minimum atomic E-state index is -1.27. The minimum absolute atomic E-state index is 0.290. The normalized spacial score (nSPS) is 11.1. The van der Waals surface area contributed by atoms with Gasteiger partial charge in [-0.2, -0.15) is 0 Å². The van der Waals surface area contributed by atoms with E-state index in [0.29, 0.717) is 17.0 Å². The number of nitrogens with one attached hydrogen (secondary N) is 1. The summed E-state index contributed by atoms with van der Waals surface area (Å²) in [5.74, 6) is -1.28. The fourth-order valence-corrected chi connectivity index (χ4v) is 2.18. The summed E-state index contributed by atoms with van der Waals surface area (Å²) in [6.07, 6.45) is 1.25. The van der Waals surface area contributed by atoms with Crippen LogP contribution < -0.4 is 5.32 Å². The number of carbonyl (C=O) groups is 2. The van der Waals surface area contributed by atoms with Gasteiger partial charge in [-0.1, -0.05) is 53.7 Å². The summed E-state index contributed by atoms with van der Waals surface area (Å²) in [7, 11) is 0. The van der Waals surface area contributed by atoms with Crippen LogP contribution >= 0.6 is 0 Å². The van der Waals surface area contributed by atoms with Gasteiger partial charge >= 0.3 is 5.97 Å². The number of hydrogen-bond acceptors (Lipinski definition) is 4. The van der Waals surface area contributed by atoms with E-state index in [0.717, 1.165) is 5.56 Å². The number of aliphatic carboxylic acids is 1. The first-order valence-electron chi connectivity index (χ1n) is 7.47. The highest BCUT2D eigenvalue weighted by Gasteiger charge is 2.14. The quantitative estimate of drug-likeness (QED) is 0.699. The molecule has 25 heavy (non-hydrogen) atoms. The van der Waals surface area contributed by atoms with E-state index in [1.807, 2.05) is 30.3 Å². The van der Waals surface area contributed by atoms with Crippen molar-refractivity contribution in [3.63, 3.8) is 0 Å². The molecule has 0 atom stereocenters. The number of carboxylic acids is 1. The second-order valence-corrected chi connectivity index (χ2v) is 5.17. The number of carboxylic acid groups (broad SMARTS) is 1. The summed E-state index contributed by atoms with van der Waals surface area (Å²) in [6.45, 7) is 0. The van der Waals surface area contributed by atoms with Crippen molar-refractivity contribution in [1.82, 2.24) is 10.5 Å². The molecule has 2 aromatic carbocycles. The van der Waals surface area contributed by atoms with Crippen LogP contribution in [0.4, 0.5) is 0 Å². The van der Waals surface area contributed by atoms with Crippen molar-refractivity contribution in [2.45, 2.75) is 0 Å². The molecule has 0 radical (unpaired) electrons. The minimum Gasteiger partial charge on any atom is -0.477 e. The van der Waals surface area contributed by atoms with Crippen LogP contribution in [0.25, 0.3) is 17.4 Å². The number of benzene rings is 2. The number of aromatic nitrogens is 1. The van der Waals surface area contributed by atoms with Gasteiger partial charge in [-0.15, -0.1) is 0 Å². The molecule has 0 aliphatic carbocycles. The van der Waals surface area contributed by atoms with Gasteiger partial charge in [0, 0.05) is 17.2 Å². The average molecular weight is 334 g/mol. The van der Waals surface area contributed by atoms with Crippen molar-refractivity contribution in [1.29, 1.82) is 0 Å². The highest BCUT2D eigenvalue weighted by molar-refractivity contribution is 6.02. The Labute approximate surface area is 143 Å². The Bertz CT molecular complexity index is 915. The van der Waals surface area contributed by atoms with Gasteiger partial charge in [-0.05, 0) is 18.2 Å². The lowest BCUT2D eigenvalue weighted by Gasteiger charge is -2.05. The van der Waals surface area contributed by atoms with Crippen molar-refractivity contribution >= 4 is 18.0 Å². The predicted octanol–water partition coefficient (Wildman–Crippen LogP) is 3.20. The van der Waals surface area contributed by atoms with Crippen molar-refractivity contribution < 1.29 is 19.2 Å². The van der Waals surface area contributed by atoms with Gasteiger partial charge in [0.15, 0.2) is 5.76 Å². The Hall–Kier alpha value is -3.67. The zero-order valence-electron chi connectivity index (χ0n) is 13.0. The van der Waals surface area contributed by atoms with E-state index < -0.39 is 11.9 Å². The second kappa shape index (κ2) is 7.27. The molecule has 6 nitrogen and oxygen atoms in total. The third-order valence-electron chi connectivity index (χ3n) is 3.39. The Balaban J connectivity index is 1.82. The van der Waals surface area contributed by atoms with E-state index in [4.69, 9.17) is 4.52 Å². The summed E-state index contributed by atoms with van der Waals surface area (Å²) in [4.78, 5) is 23.5. The lowest BCUT2D eigenvalue weighted by molar-refractivity contribution is -0.132. The molecule has 2 N–H and O–H groups in total. The molecule has 0 saturated carbocycles. The third-order valence-corrected chi connectivity index (χ3v) is 3.39. The summed E-state index contributed by atoms with van der Waals surface area (Å²) in [5, 5.41) is 15.5. The summed E-state index contributed by atoms with van der Waals surface area (Å²) in [5.41, 5.74) is 1.19. The largest absolute Gasteiger partial charge is 0.477 e. The van der Waals surface area contributed by atoms with Crippen LogP contribution in [-0.4, -0.2) is 22.1 Å². The van der Waals surface area contributed by atoms with Crippen LogP contribution in [-0.2, 0) is 4.79 Å². The third kappa shape index (κ3) is 4.00. The molecule has 0 bridgehead atoms. The molecule has 1 heterocycles. The lowest BCUT2D eigenvalue weighted by atomic mass is 10.1. The highest BCUT2D eigenvalue weighted by atomic mass is 16.5. The van der Waals surface area contributed by atoms with Crippen LogP contribution in [0.2, 0.25) is 0 Å². The molecule has 124 valence electrons. The maximum absolute atomic E-state index is 12.1. The summed E-state index contributed by atoms with van der Waals surface area (Å²) in [6, 6.07) is 19.3. The van der Waals surface area contributed by atoms with E-state index >= 15 is 0 Å². The Morgan fingerprint density at radius 1 is 1.00 bits per heavy atom. The Morgan fingerprint density at radius 2 is 1.64 bits per heavy atom. The van der Waals surface area contributed by atoms with Gasteiger partial charge in [-0.3, -0.25) is 4.79 Å². The van der Waals surface area contributed by atoms with Gasteiger partial charge in [0.05, 0.1) is 0 Å². The van der Waals surface area contributed by atoms with Crippen LogP contribution in [0.1, 0.15) is 16.1 Å². The fourth-order valence-electron chi connectivity index (χ4n) is 2.18. The molecule has 0 unspecified atom stereocenters. The van der Waals surface area contributed by atoms with Gasteiger partial charge in [0.1, 0.15) is 11.4 Å². The highest BCUT2D eigenvalue weighted by Crippen LogP contribution is 2.20. The van der Waals surface area contributed by atoms with Crippen molar-refractivity contribution in [2.75, 3.05) is 0 Å². The van der Waals surface area contributed by atoms with E-state index in [-0.39, 0.29) is 5.70 Å². The van der Waals surface area contributed by atoms with Gasteiger partial charge in [0.25, 0.3) is 5.91 Å². The van der Waals surface area contributed by atoms with Crippen LogP contribution in [0.5, 0.6) is 0 Å². The summed E-state index contributed by atoms with van der Waals surface area (Å²) >= 11 is 0. The Kier molecular flexibility index (Phi) is 4.71. The molecule has 0 aliphatic heterocycles. The SMILES string of the molecule is O=C(O)/C(=C\c1cc(-c2ccccc2)on1)NC(=O)c1ccccc1. The number of rotatable bonds is 5. The zero-order chi connectivity index (χ0) is 17.6. The van der Waals surface area contributed by atoms with E-state index in [1.54, 1.807) is 36.4 Å². The molecule has 3 aromatic rings. The zero-order valence-corrected chi connectivity index (χ0v) is 13.0. The first-order chi connectivity index (χ1) is 12.1. The number of hydrogen-bond donors (Lipinski definition) is 2. The van der Waals surface area contributed by atoms with Gasteiger partial charge in [-0.25, -0.2) is 4.79 Å². The van der Waals surface area contributed by atoms with E-state index in [9.17, 15) is 14.7 Å². The van der Waals surface area contributed by atoms with E-state index in [1.165, 1.54) is 6.08 Å². The maximum atomic E-state index is 12.1. The van der Waals surface area contributed by atoms with Crippen molar-refractivity contribution in [2.24, 2.45) is 0 Å². The smallest absolute Gasteiger partial charge is 0.352 e. The fraction of sp³-hybridized carbons (Fsp3) is 0. The van der Waals surface area contributed by atoms with Crippen molar-refractivity contribution in [3.05, 3.63) is 83.7 Å². The van der Waals surface area contributed by atoms with Gasteiger partial charge < -0.3 is 14.9 Å². The standard InChI is InChI=1S/C19H14N2O4/c22-18(14-9-5-2-6-10-14)20-16(19(23)24)11-15-12-17(25-21-15)13-7-3-1-4-8-13/h1-12H,(H,20,22)(H,23,24)/b16-11+. The lowest BCUT2D eigenvalue weighted by Crippen LogP contribution is -2.27. The molecule has 0 fully saturated rings. The summed E-state index contributed by atoms with van der Waals surface area (Å²) < 4.78 is 5.22. The first kappa shape index (κ1) is 16.2. The maximum Gasteiger partial charge on any atom is 0.352 e. The molecule has 1 aromatic heterocycles. The number of nitrogens with zero attached hydrogens (tertiary/aromatic N) is 1. The van der Waals surface area contributed by atoms with E-state index in [2.05, 4.69) is 10.5 Å². The first-order valence-corrected chi connectivity index (χ1v) is 7.47. The number of carbonyl (C=O) groups excluding carboxylic acids is 1. The predicted molar refractivity (Wildman–Crippen MR) is 91.5 cm³/mol. The molecule has 6 heteroatoms.